The highest BCUT2D eigenvalue weighted by molar-refractivity contribution is 5.91. The Morgan fingerprint density at radius 2 is 1.95 bits per heavy atom. The van der Waals surface area contributed by atoms with Crippen molar-refractivity contribution < 1.29 is 9.53 Å². The SMILES string of the molecule is COC(=O)c1ccc2c(c1)N(C)C(C(C)C)C2C1CCCC1. The van der Waals surface area contributed by atoms with Crippen molar-refractivity contribution in [1.82, 2.24) is 0 Å². The number of carbonyl (C=O) groups is 1. The minimum absolute atomic E-state index is 0.249. The molecule has 3 rings (SSSR count). The van der Waals surface area contributed by atoms with Gasteiger partial charge >= 0.3 is 5.97 Å². The molecule has 2 aliphatic rings. The van der Waals surface area contributed by atoms with Gasteiger partial charge in [-0.2, -0.15) is 0 Å². The van der Waals surface area contributed by atoms with Crippen LogP contribution in [0, 0.1) is 11.8 Å². The summed E-state index contributed by atoms with van der Waals surface area (Å²) in [6, 6.07) is 6.66. The second-order valence-corrected chi connectivity index (χ2v) is 7.18. The van der Waals surface area contributed by atoms with Crippen LogP contribution in [0.25, 0.3) is 0 Å². The van der Waals surface area contributed by atoms with E-state index in [9.17, 15) is 4.79 Å². The molecule has 1 fully saturated rings. The van der Waals surface area contributed by atoms with E-state index in [1.54, 1.807) is 0 Å². The van der Waals surface area contributed by atoms with Gasteiger partial charge in [-0.05, 0) is 42.4 Å². The van der Waals surface area contributed by atoms with Gasteiger partial charge in [-0.3, -0.25) is 0 Å². The Labute approximate surface area is 133 Å². The lowest BCUT2D eigenvalue weighted by molar-refractivity contribution is 0.0601. The van der Waals surface area contributed by atoms with Gasteiger partial charge in [-0.1, -0.05) is 32.8 Å². The summed E-state index contributed by atoms with van der Waals surface area (Å²) in [4.78, 5) is 14.2. The molecule has 0 spiro atoms. The zero-order valence-corrected chi connectivity index (χ0v) is 14.1. The molecule has 2 atom stereocenters. The summed E-state index contributed by atoms with van der Waals surface area (Å²) in [6.45, 7) is 4.63. The zero-order valence-electron chi connectivity index (χ0n) is 14.1. The molecule has 1 aromatic carbocycles. The quantitative estimate of drug-likeness (QED) is 0.783. The summed E-state index contributed by atoms with van der Waals surface area (Å²) in [6.07, 6.45) is 5.43. The highest BCUT2D eigenvalue weighted by atomic mass is 16.5. The topological polar surface area (TPSA) is 29.5 Å². The largest absolute Gasteiger partial charge is 0.465 e. The fourth-order valence-electron chi connectivity index (χ4n) is 4.67. The van der Waals surface area contributed by atoms with Crippen LogP contribution in [0.2, 0.25) is 0 Å². The van der Waals surface area contributed by atoms with E-state index in [1.807, 2.05) is 12.1 Å². The highest BCUT2D eigenvalue weighted by Gasteiger charge is 2.43. The normalized spacial score (nSPS) is 24.9. The number of carbonyl (C=O) groups excluding carboxylic acids is 1. The summed E-state index contributed by atoms with van der Waals surface area (Å²) >= 11 is 0. The van der Waals surface area contributed by atoms with Crippen LogP contribution < -0.4 is 4.90 Å². The van der Waals surface area contributed by atoms with Crippen LogP contribution in [0.15, 0.2) is 18.2 Å². The maximum atomic E-state index is 11.8. The number of ether oxygens (including phenoxy) is 1. The Morgan fingerprint density at radius 3 is 2.55 bits per heavy atom. The molecule has 0 bridgehead atoms. The average molecular weight is 301 g/mol. The smallest absolute Gasteiger partial charge is 0.337 e. The first-order valence-electron chi connectivity index (χ1n) is 8.49. The first-order valence-corrected chi connectivity index (χ1v) is 8.49. The van der Waals surface area contributed by atoms with Crippen LogP contribution in [0.5, 0.6) is 0 Å². The van der Waals surface area contributed by atoms with Crippen molar-refractivity contribution in [3.8, 4) is 0 Å². The van der Waals surface area contributed by atoms with Crippen molar-refractivity contribution >= 4 is 11.7 Å². The first kappa shape index (κ1) is 15.4. The second kappa shape index (κ2) is 5.94. The molecule has 120 valence electrons. The molecule has 1 aliphatic carbocycles. The van der Waals surface area contributed by atoms with Crippen molar-refractivity contribution in [1.29, 1.82) is 0 Å². The predicted octanol–water partition coefficient (Wildman–Crippen LogP) is 4.22. The van der Waals surface area contributed by atoms with Gasteiger partial charge in [0.2, 0.25) is 0 Å². The molecule has 1 heterocycles. The predicted molar refractivity (Wildman–Crippen MR) is 89.5 cm³/mol. The number of benzene rings is 1. The molecule has 3 nitrogen and oxygen atoms in total. The molecule has 2 unspecified atom stereocenters. The maximum absolute atomic E-state index is 11.8. The molecule has 3 heteroatoms. The van der Waals surface area contributed by atoms with Gasteiger partial charge < -0.3 is 9.64 Å². The zero-order chi connectivity index (χ0) is 15.9. The van der Waals surface area contributed by atoms with Crippen LogP contribution in [0.1, 0.15) is 61.4 Å². The summed E-state index contributed by atoms with van der Waals surface area (Å²) in [7, 11) is 3.62. The van der Waals surface area contributed by atoms with Crippen LogP contribution in [0.3, 0.4) is 0 Å². The molecule has 1 aliphatic heterocycles. The van der Waals surface area contributed by atoms with E-state index >= 15 is 0 Å². The van der Waals surface area contributed by atoms with Crippen molar-refractivity contribution in [2.75, 3.05) is 19.1 Å². The monoisotopic (exact) mass is 301 g/mol. The molecule has 1 aromatic rings. The maximum Gasteiger partial charge on any atom is 0.337 e. The van der Waals surface area contributed by atoms with E-state index in [2.05, 4.69) is 31.9 Å². The van der Waals surface area contributed by atoms with Gasteiger partial charge in [0.15, 0.2) is 0 Å². The third kappa shape index (κ3) is 2.41. The number of fused-ring (bicyclic) bond motifs is 1. The number of hydrogen-bond acceptors (Lipinski definition) is 3. The lowest BCUT2D eigenvalue weighted by atomic mass is 9.78. The molecular formula is C19H27NO2. The number of hydrogen-bond donors (Lipinski definition) is 0. The number of nitrogens with zero attached hydrogens (tertiary/aromatic N) is 1. The molecule has 0 N–H and O–H groups in total. The van der Waals surface area contributed by atoms with Crippen LogP contribution in [-0.2, 0) is 4.74 Å². The molecular weight excluding hydrogens is 274 g/mol. The average Bonchev–Trinajstić information content (AvgIpc) is 3.12. The van der Waals surface area contributed by atoms with E-state index < -0.39 is 0 Å². The molecule has 0 radical (unpaired) electrons. The van der Waals surface area contributed by atoms with Crippen molar-refractivity contribution in [3.05, 3.63) is 29.3 Å². The van der Waals surface area contributed by atoms with E-state index in [0.29, 0.717) is 23.4 Å². The minimum Gasteiger partial charge on any atom is -0.465 e. The van der Waals surface area contributed by atoms with Gasteiger partial charge in [0, 0.05) is 24.7 Å². The second-order valence-electron chi connectivity index (χ2n) is 7.18. The van der Waals surface area contributed by atoms with Crippen LogP contribution in [0.4, 0.5) is 5.69 Å². The van der Waals surface area contributed by atoms with E-state index in [0.717, 1.165) is 5.92 Å². The number of anilines is 1. The summed E-state index contributed by atoms with van der Waals surface area (Å²) in [5, 5.41) is 0. The molecule has 1 saturated carbocycles. The Bertz CT molecular complexity index is 561. The van der Waals surface area contributed by atoms with Gasteiger partial charge in [0.1, 0.15) is 0 Å². The first-order chi connectivity index (χ1) is 10.5. The lowest BCUT2D eigenvalue weighted by Gasteiger charge is -2.33. The van der Waals surface area contributed by atoms with Crippen molar-refractivity contribution in [3.63, 3.8) is 0 Å². The Hall–Kier alpha value is -1.51. The number of rotatable bonds is 3. The van der Waals surface area contributed by atoms with E-state index in [-0.39, 0.29) is 5.97 Å². The number of likely N-dealkylation sites (N-methyl/N-ethyl adjacent to an activating group) is 1. The van der Waals surface area contributed by atoms with Crippen molar-refractivity contribution in [2.24, 2.45) is 11.8 Å². The fourth-order valence-corrected chi connectivity index (χ4v) is 4.67. The third-order valence-corrected chi connectivity index (χ3v) is 5.60. The fraction of sp³-hybridized carbons (Fsp3) is 0.632. The summed E-state index contributed by atoms with van der Waals surface area (Å²) < 4.78 is 4.87. The van der Waals surface area contributed by atoms with Gasteiger partial charge in [-0.15, -0.1) is 0 Å². The van der Waals surface area contributed by atoms with Gasteiger partial charge in [-0.25, -0.2) is 4.79 Å². The van der Waals surface area contributed by atoms with Crippen LogP contribution in [-0.4, -0.2) is 26.2 Å². The Balaban J connectivity index is 2.02. The number of esters is 1. The molecule has 0 amide bonds. The highest BCUT2D eigenvalue weighted by Crippen LogP contribution is 2.50. The van der Waals surface area contributed by atoms with Gasteiger partial charge in [0.05, 0.1) is 12.7 Å². The standard InChI is InChI=1S/C19H27NO2/c1-12(2)18-17(13-7-5-6-8-13)15-10-9-14(19(21)22-4)11-16(15)20(18)3/h9-13,17-18H,5-8H2,1-4H3. The van der Waals surface area contributed by atoms with Gasteiger partial charge in [0.25, 0.3) is 0 Å². The minimum atomic E-state index is -0.249. The van der Waals surface area contributed by atoms with E-state index in [4.69, 9.17) is 4.74 Å². The lowest BCUT2D eigenvalue weighted by Crippen LogP contribution is -2.37. The van der Waals surface area contributed by atoms with Crippen molar-refractivity contribution in [2.45, 2.75) is 51.5 Å². The molecule has 22 heavy (non-hydrogen) atoms. The Morgan fingerprint density at radius 1 is 1.27 bits per heavy atom. The summed E-state index contributed by atoms with van der Waals surface area (Å²) in [5.41, 5.74) is 3.31. The van der Waals surface area contributed by atoms with Crippen LogP contribution >= 0.6 is 0 Å². The molecule has 0 saturated heterocycles. The number of methoxy groups -OCH3 is 1. The summed E-state index contributed by atoms with van der Waals surface area (Å²) in [5.74, 6) is 1.75. The Kier molecular flexibility index (Phi) is 4.16. The third-order valence-electron chi connectivity index (χ3n) is 5.60. The molecule has 0 aromatic heterocycles. The van der Waals surface area contributed by atoms with E-state index in [1.165, 1.54) is 44.0 Å².